The van der Waals surface area contributed by atoms with Gasteiger partial charge in [-0.1, -0.05) is 0 Å². The van der Waals surface area contributed by atoms with E-state index in [4.69, 9.17) is 4.74 Å². The van der Waals surface area contributed by atoms with E-state index in [0.717, 1.165) is 38.5 Å². The molecule has 1 aromatic heterocycles. The highest BCUT2D eigenvalue weighted by molar-refractivity contribution is 9.10. The van der Waals surface area contributed by atoms with Gasteiger partial charge in [-0.15, -0.1) is 11.3 Å². The Balaban J connectivity index is 1.54. The fourth-order valence-corrected chi connectivity index (χ4v) is 4.11. The molecule has 5 heteroatoms. The Morgan fingerprint density at radius 3 is 2.43 bits per heavy atom. The van der Waals surface area contributed by atoms with E-state index in [0.29, 0.717) is 0 Å². The van der Waals surface area contributed by atoms with Gasteiger partial charge in [-0.25, -0.2) is 0 Å². The van der Waals surface area contributed by atoms with Crippen molar-refractivity contribution in [3.05, 3.63) is 45.1 Å². The van der Waals surface area contributed by atoms with E-state index in [9.17, 15) is 0 Å². The van der Waals surface area contributed by atoms with Gasteiger partial charge >= 0.3 is 0 Å². The minimum absolute atomic E-state index is 0.917. The third-order valence-electron chi connectivity index (χ3n) is 3.81. The third-order valence-corrected chi connectivity index (χ3v) is 5.49. The van der Waals surface area contributed by atoms with Gasteiger partial charge in [0.15, 0.2) is 0 Å². The number of halogens is 1. The predicted octanol–water partition coefficient (Wildman–Crippen LogP) is 3.84. The fourth-order valence-electron chi connectivity index (χ4n) is 2.61. The van der Waals surface area contributed by atoms with Gasteiger partial charge in [-0.05, 0) is 46.3 Å². The summed E-state index contributed by atoms with van der Waals surface area (Å²) >= 11 is 5.35. The van der Waals surface area contributed by atoms with Gasteiger partial charge in [0.05, 0.1) is 7.11 Å². The molecule has 1 fully saturated rings. The van der Waals surface area contributed by atoms with E-state index in [2.05, 4.69) is 49.3 Å². The maximum Gasteiger partial charge on any atom is 0.119 e. The fraction of sp³-hybridized carbons (Fsp3) is 0.375. The number of rotatable bonds is 4. The molecule has 1 aliphatic heterocycles. The highest BCUT2D eigenvalue weighted by Crippen LogP contribution is 2.23. The molecule has 0 aliphatic carbocycles. The standard InChI is InChI=1S/C16H19BrN2OS/c1-20-15-4-2-14(3-5-15)19-8-6-18(7-9-19)11-16-10-13(17)12-21-16/h2-5,10,12H,6-9,11H2,1H3. The molecule has 0 bridgehead atoms. The molecule has 0 radical (unpaired) electrons. The van der Waals surface area contributed by atoms with Gasteiger partial charge in [-0.3, -0.25) is 4.90 Å². The molecule has 1 aliphatic rings. The summed E-state index contributed by atoms with van der Waals surface area (Å²) in [5.41, 5.74) is 1.29. The first-order valence-corrected chi connectivity index (χ1v) is 8.76. The summed E-state index contributed by atoms with van der Waals surface area (Å²) < 4.78 is 6.41. The van der Waals surface area contributed by atoms with Crippen LogP contribution in [0.5, 0.6) is 5.75 Å². The van der Waals surface area contributed by atoms with Crippen molar-refractivity contribution < 1.29 is 4.74 Å². The van der Waals surface area contributed by atoms with E-state index in [-0.39, 0.29) is 0 Å². The van der Waals surface area contributed by atoms with Crippen LogP contribution in [-0.2, 0) is 6.54 Å². The van der Waals surface area contributed by atoms with Crippen molar-refractivity contribution in [3.63, 3.8) is 0 Å². The van der Waals surface area contributed by atoms with E-state index in [1.54, 1.807) is 7.11 Å². The minimum Gasteiger partial charge on any atom is -0.497 e. The number of thiophene rings is 1. The zero-order chi connectivity index (χ0) is 14.7. The smallest absolute Gasteiger partial charge is 0.119 e. The molecule has 2 heterocycles. The average molecular weight is 367 g/mol. The lowest BCUT2D eigenvalue weighted by Crippen LogP contribution is -2.45. The molecule has 21 heavy (non-hydrogen) atoms. The minimum atomic E-state index is 0.917. The van der Waals surface area contributed by atoms with Crippen LogP contribution in [-0.4, -0.2) is 38.2 Å². The zero-order valence-corrected chi connectivity index (χ0v) is 14.5. The number of hydrogen-bond acceptors (Lipinski definition) is 4. The van der Waals surface area contributed by atoms with Gasteiger partial charge in [-0.2, -0.15) is 0 Å². The zero-order valence-electron chi connectivity index (χ0n) is 12.1. The molecule has 0 N–H and O–H groups in total. The second-order valence-electron chi connectivity index (χ2n) is 5.19. The number of anilines is 1. The Kier molecular flexibility index (Phi) is 4.83. The van der Waals surface area contributed by atoms with Crippen LogP contribution in [0, 0.1) is 0 Å². The largest absolute Gasteiger partial charge is 0.497 e. The van der Waals surface area contributed by atoms with Crippen LogP contribution >= 0.6 is 27.3 Å². The molecule has 0 saturated carbocycles. The van der Waals surface area contributed by atoms with Crippen LogP contribution in [0.1, 0.15) is 4.88 Å². The molecule has 3 nitrogen and oxygen atoms in total. The summed E-state index contributed by atoms with van der Waals surface area (Å²) in [6.07, 6.45) is 0. The highest BCUT2D eigenvalue weighted by Gasteiger charge is 2.17. The van der Waals surface area contributed by atoms with Crippen molar-refractivity contribution >= 4 is 33.0 Å². The molecule has 0 spiro atoms. The maximum absolute atomic E-state index is 5.21. The summed E-state index contributed by atoms with van der Waals surface area (Å²) in [6.45, 7) is 5.45. The van der Waals surface area contributed by atoms with Crippen LogP contribution in [0.4, 0.5) is 5.69 Å². The van der Waals surface area contributed by atoms with E-state index in [1.165, 1.54) is 15.0 Å². The summed E-state index contributed by atoms with van der Waals surface area (Å²) in [6, 6.07) is 10.6. The number of benzene rings is 1. The predicted molar refractivity (Wildman–Crippen MR) is 92.5 cm³/mol. The van der Waals surface area contributed by atoms with E-state index < -0.39 is 0 Å². The summed E-state index contributed by atoms with van der Waals surface area (Å²) in [4.78, 5) is 6.40. The first kappa shape index (κ1) is 14.9. The van der Waals surface area contributed by atoms with Crippen molar-refractivity contribution in [2.24, 2.45) is 0 Å². The summed E-state index contributed by atoms with van der Waals surface area (Å²) in [7, 11) is 1.71. The van der Waals surface area contributed by atoms with E-state index in [1.807, 2.05) is 23.5 Å². The Bertz CT molecular complexity index is 576. The summed E-state index contributed by atoms with van der Waals surface area (Å²) in [5.74, 6) is 0.917. The first-order chi connectivity index (χ1) is 10.2. The average Bonchev–Trinajstić information content (AvgIpc) is 2.93. The lowest BCUT2D eigenvalue weighted by molar-refractivity contribution is 0.252. The van der Waals surface area contributed by atoms with Gasteiger partial charge in [0.1, 0.15) is 5.75 Å². The second kappa shape index (κ2) is 6.81. The lowest BCUT2D eigenvalue weighted by Gasteiger charge is -2.36. The van der Waals surface area contributed by atoms with Crippen LogP contribution in [0.3, 0.4) is 0 Å². The molecule has 0 unspecified atom stereocenters. The normalized spacial score (nSPS) is 16.2. The molecule has 0 amide bonds. The Morgan fingerprint density at radius 2 is 1.86 bits per heavy atom. The summed E-state index contributed by atoms with van der Waals surface area (Å²) in [5, 5.41) is 2.16. The number of methoxy groups -OCH3 is 1. The first-order valence-electron chi connectivity index (χ1n) is 7.09. The topological polar surface area (TPSA) is 15.7 Å². The van der Waals surface area contributed by atoms with Crippen molar-refractivity contribution in [2.75, 3.05) is 38.2 Å². The number of ether oxygens (including phenoxy) is 1. The molecule has 3 rings (SSSR count). The van der Waals surface area contributed by atoms with Gasteiger partial charge in [0.2, 0.25) is 0 Å². The third kappa shape index (κ3) is 3.78. The molecule has 112 valence electrons. The van der Waals surface area contributed by atoms with Gasteiger partial charge in [0, 0.05) is 53.1 Å². The Morgan fingerprint density at radius 1 is 1.14 bits per heavy atom. The quantitative estimate of drug-likeness (QED) is 0.817. The number of piperazine rings is 1. The lowest BCUT2D eigenvalue weighted by atomic mass is 10.2. The Labute approximate surface area is 138 Å². The van der Waals surface area contributed by atoms with Crippen molar-refractivity contribution in [2.45, 2.75) is 6.54 Å². The molecule has 1 saturated heterocycles. The van der Waals surface area contributed by atoms with Crippen molar-refractivity contribution in [1.82, 2.24) is 4.90 Å². The molecule has 2 aromatic rings. The number of nitrogens with zero attached hydrogens (tertiary/aromatic N) is 2. The maximum atomic E-state index is 5.21. The monoisotopic (exact) mass is 366 g/mol. The molecular formula is C16H19BrN2OS. The van der Waals surface area contributed by atoms with E-state index >= 15 is 0 Å². The van der Waals surface area contributed by atoms with Crippen molar-refractivity contribution in [1.29, 1.82) is 0 Å². The molecule has 0 atom stereocenters. The van der Waals surface area contributed by atoms with Crippen LogP contribution in [0.2, 0.25) is 0 Å². The van der Waals surface area contributed by atoms with Crippen LogP contribution in [0.15, 0.2) is 40.2 Å². The van der Waals surface area contributed by atoms with Crippen molar-refractivity contribution in [3.8, 4) is 5.75 Å². The molecular weight excluding hydrogens is 348 g/mol. The SMILES string of the molecule is COc1ccc(N2CCN(Cc3cc(Br)cs3)CC2)cc1. The second-order valence-corrected chi connectivity index (χ2v) is 7.10. The Hall–Kier alpha value is -1.04. The van der Waals surface area contributed by atoms with Gasteiger partial charge < -0.3 is 9.64 Å². The van der Waals surface area contributed by atoms with Crippen LogP contribution < -0.4 is 9.64 Å². The molecule has 1 aromatic carbocycles. The highest BCUT2D eigenvalue weighted by atomic mass is 79.9. The van der Waals surface area contributed by atoms with Crippen LogP contribution in [0.25, 0.3) is 0 Å². The number of hydrogen-bond donors (Lipinski definition) is 0. The van der Waals surface area contributed by atoms with Gasteiger partial charge in [0.25, 0.3) is 0 Å².